The molecule has 4 aromatic carbocycles. The zero-order valence-corrected chi connectivity index (χ0v) is 23.0. The first-order valence-electron chi connectivity index (χ1n) is 13.8. The van der Waals surface area contributed by atoms with E-state index in [9.17, 15) is 18.8 Å². The molecule has 0 radical (unpaired) electrons. The van der Waals surface area contributed by atoms with E-state index in [4.69, 9.17) is 4.74 Å². The number of rotatable bonds is 5. The summed E-state index contributed by atoms with van der Waals surface area (Å²) in [6.07, 6.45) is 2.01. The summed E-state index contributed by atoms with van der Waals surface area (Å²) in [4.78, 5) is 45.8. The molecule has 0 aliphatic carbocycles. The molecule has 6 nitrogen and oxygen atoms in total. The van der Waals surface area contributed by atoms with Crippen molar-refractivity contribution in [3.8, 4) is 5.75 Å². The van der Waals surface area contributed by atoms with Gasteiger partial charge in [0.2, 0.25) is 5.91 Å². The average molecular weight is 559 g/mol. The lowest BCUT2D eigenvalue weighted by Gasteiger charge is -2.39. The number of amides is 1. The highest BCUT2D eigenvalue weighted by molar-refractivity contribution is 6.18. The molecule has 0 bridgehead atoms. The average Bonchev–Trinajstić information content (AvgIpc) is 3.49. The minimum atomic E-state index is -1.43. The predicted molar refractivity (Wildman–Crippen MR) is 158 cm³/mol. The second-order valence-corrected chi connectivity index (χ2v) is 11.0. The predicted octanol–water partition coefficient (Wildman–Crippen LogP) is 6.08. The summed E-state index contributed by atoms with van der Waals surface area (Å²) in [5, 5.41) is 3.03. The number of anilines is 2. The molecule has 4 atom stereocenters. The Kier molecular flexibility index (Phi) is 5.87. The van der Waals surface area contributed by atoms with Gasteiger partial charge in [-0.15, -0.1) is 0 Å². The van der Waals surface area contributed by atoms with Crippen molar-refractivity contribution >= 4 is 34.4 Å². The highest BCUT2D eigenvalue weighted by Gasteiger charge is 2.70. The van der Waals surface area contributed by atoms with Crippen LogP contribution in [0.5, 0.6) is 5.75 Å². The molecule has 7 heteroatoms. The number of carbonyl (C=O) groups is 3. The quantitative estimate of drug-likeness (QED) is 0.301. The van der Waals surface area contributed by atoms with E-state index in [1.54, 1.807) is 31.4 Å². The van der Waals surface area contributed by atoms with Crippen LogP contribution in [0.4, 0.5) is 15.8 Å². The van der Waals surface area contributed by atoms with E-state index in [1.807, 2.05) is 66.4 Å². The minimum absolute atomic E-state index is 0.235. The third-order valence-corrected chi connectivity index (χ3v) is 8.94. The molecule has 3 heterocycles. The number of Topliss-reactive ketones (excluding diaryl/α,β-unsaturated/α-hetero) is 2. The molecule has 0 saturated carbocycles. The maximum absolute atomic E-state index is 14.7. The van der Waals surface area contributed by atoms with Crippen LogP contribution in [-0.4, -0.2) is 36.7 Å². The number of halogens is 1. The summed E-state index contributed by atoms with van der Waals surface area (Å²) in [6, 6.07) is 25.5. The number of hydrogen-bond donors (Lipinski definition) is 1. The Morgan fingerprint density at radius 1 is 0.857 bits per heavy atom. The van der Waals surface area contributed by atoms with Crippen LogP contribution in [0.15, 0.2) is 103 Å². The lowest BCUT2D eigenvalue weighted by atomic mass is 9.64. The van der Waals surface area contributed by atoms with Gasteiger partial charge in [-0.05, 0) is 78.7 Å². The van der Waals surface area contributed by atoms with E-state index < -0.39 is 35.0 Å². The molecule has 1 N–H and O–H groups in total. The zero-order chi connectivity index (χ0) is 29.2. The number of ketones is 2. The number of ether oxygens (including phenoxy) is 1. The number of nitrogens with zero attached hydrogens (tertiary/aromatic N) is 1. The van der Waals surface area contributed by atoms with Crippen LogP contribution in [0.1, 0.15) is 38.8 Å². The molecule has 42 heavy (non-hydrogen) atoms. The fourth-order valence-electron chi connectivity index (χ4n) is 7.11. The molecule has 208 valence electrons. The van der Waals surface area contributed by atoms with Gasteiger partial charge in [-0.3, -0.25) is 14.4 Å². The van der Waals surface area contributed by atoms with Gasteiger partial charge in [0.15, 0.2) is 11.6 Å². The zero-order valence-electron chi connectivity index (χ0n) is 23.0. The third kappa shape index (κ3) is 3.52. The molecule has 0 unspecified atom stereocenters. The summed E-state index contributed by atoms with van der Waals surface area (Å²) < 4.78 is 19.3. The first-order chi connectivity index (χ1) is 20.4. The lowest BCUT2D eigenvalue weighted by Crippen LogP contribution is -2.51. The number of methoxy groups -OCH3 is 1. The maximum Gasteiger partial charge on any atom is 0.238 e. The Morgan fingerprint density at radius 2 is 1.50 bits per heavy atom. The molecule has 3 aliphatic heterocycles. The van der Waals surface area contributed by atoms with Crippen molar-refractivity contribution in [1.82, 2.24) is 0 Å². The molecule has 4 aromatic rings. The van der Waals surface area contributed by atoms with Crippen molar-refractivity contribution in [3.63, 3.8) is 0 Å². The second-order valence-electron chi connectivity index (χ2n) is 11.0. The number of nitrogens with one attached hydrogen (secondary N) is 1. The van der Waals surface area contributed by atoms with Crippen molar-refractivity contribution in [1.29, 1.82) is 0 Å². The van der Waals surface area contributed by atoms with Gasteiger partial charge in [0.25, 0.3) is 0 Å². The standard InChI is InChI=1S/C35H27FN2O4/c1-20-19-29-35(26-8-4-5-9-27(26)37-34(35)41)30(32(39)21-11-15-23(36)16-12-21)31(38(29)28-10-6-3-7-25(20)28)33(40)22-13-17-24(42-2)18-14-22/h3-19,29-31H,1-2H3,(H,37,41)/t29-,30-,31+,35+/m0/s1. The smallest absolute Gasteiger partial charge is 0.238 e. The fourth-order valence-corrected chi connectivity index (χ4v) is 7.11. The summed E-state index contributed by atoms with van der Waals surface area (Å²) >= 11 is 0. The van der Waals surface area contributed by atoms with Crippen molar-refractivity contribution < 1.29 is 23.5 Å². The van der Waals surface area contributed by atoms with Crippen LogP contribution in [-0.2, 0) is 10.2 Å². The van der Waals surface area contributed by atoms with E-state index >= 15 is 0 Å². The summed E-state index contributed by atoms with van der Waals surface area (Å²) in [7, 11) is 1.55. The fraction of sp³-hybridized carbons (Fsp3) is 0.171. The van der Waals surface area contributed by atoms with Gasteiger partial charge in [0.05, 0.1) is 19.1 Å². The van der Waals surface area contributed by atoms with E-state index in [0.717, 1.165) is 16.8 Å². The van der Waals surface area contributed by atoms with Gasteiger partial charge in [-0.1, -0.05) is 42.5 Å². The van der Waals surface area contributed by atoms with Crippen LogP contribution < -0.4 is 15.0 Å². The van der Waals surface area contributed by atoms with Gasteiger partial charge >= 0.3 is 0 Å². The van der Waals surface area contributed by atoms with E-state index in [-0.39, 0.29) is 17.3 Å². The Hall–Kier alpha value is -5.04. The van der Waals surface area contributed by atoms with Crippen LogP contribution >= 0.6 is 0 Å². The Balaban J connectivity index is 1.53. The van der Waals surface area contributed by atoms with Crippen LogP contribution in [0.3, 0.4) is 0 Å². The second kappa shape index (κ2) is 9.52. The topological polar surface area (TPSA) is 75.7 Å². The Morgan fingerprint density at radius 3 is 2.24 bits per heavy atom. The number of benzene rings is 4. The van der Waals surface area contributed by atoms with Crippen molar-refractivity contribution in [2.24, 2.45) is 5.92 Å². The first kappa shape index (κ1) is 25.9. The third-order valence-electron chi connectivity index (χ3n) is 8.94. The van der Waals surface area contributed by atoms with Crippen LogP contribution in [0, 0.1) is 11.7 Å². The number of carbonyl (C=O) groups excluding carboxylic acids is 3. The molecular weight excluding hydrogens is 531 g/mol. The summed E-state index contributed by atoms with van der Waals surface area (Å²) in [5.41, 5.74) is 3.14. The summed E-state index contributed by atoms with van der Waals surface area (Å²) in [6.45, 7) is 1.98. The molecule has 1 amide bonds. The highest BCUT2D eigenvalue weighted by atomic mass is 19.1. The number of allylic oxidation sites excluding steroid dienone is 1. The van der Waals surface area contributed by atoms with Crippen molar-refractivity contribution in [3.05, 3.63) is 131 Å². The normalized spacial score (nSPS) is 23.5. The lowest BCUT2D eigenvalue weighted by molar-refractivity contribution is -0.121. The largest absolute Gasteiger partial charge is 0.497 e. The monoisotopic (exact) mass is 558 g/mol. The van der Waals surface area contributed by atoms with E-state index in [1.165, 1.54) is 24.3 Å². The molecule has 1 spiro atoms. The Labute approximate surface area is 242 Å². The molecule has 1 saturated heterocycles. The van der Waals surface area contributed by atoms with Gasteiger partial charge in [0.1, 0.15) is 23.0 Å². The van der Waals surface area contributed by atoms with Gasteiger partial charge in [-0.25, -0.2) is 4.39 Å². The minimum Gasteiger partial charge on any atom is -0.497 e. The molecular formula is C35H27FN2O4. The number of fused-ring (bicyclic) bond motifs is 6. The van der Waals surface area contributed by atoms with E-state index in [0.29, 0.717) is 22.6 Å². The number of para-hydroxylation sites is 2. The maximum atomic E-state index is 14.7. The molecule has 1 fully saturated rings. The van der Waals surface area contributed by atoms with Crippen LogP contribution in [0.25, 0.3) is 5.57 Å². The van der Waals surface area contributed by atoms with Gasteiger partial charge in [0, 0.05) is 28.1 Å². The summed E-state index contributed by atoms with van der Waals surface area (Å²) in [5.74, 6) is -2.04. The first-order valence-corrected chi connectivity index (χ1v) is 13.8. The Bertz CT molecular complexity index is 1800. The molecule has 0 aromatic heterocycles. The van der Waals surface area contributed by atoms with Crippen molar-refractivity contribution in [2.45, 2.75) is 24.4 Å². The van der Waals surface area contributed by atoms with Gasteiger partial charge in [-0.2, -0.15) is 0 Å². The number of hydrogen-bond acceptors (Lipinski definition) is 5. The highest BCUT2D eigenvalue weighted by Crippen LogP contribution is 2.58. The molecule has 7 rings (SSSR count). The van der Waals surface area contributed by atoms with E-state index in [2.05, 4.69) is 5.32 Å². The SMILES string of the molecule is COc1ccc(C(=O)[C@H]2[C@@H](C(=O)c3ccc(F)cc3)[C@]3(C(=O)Nc4ccccc43)[C@@H]3C=C(C)c4ccccc4N32)cc1. The van der Waals surface area contributed by atoms with Crippen LogP contribution in [0.2, 0.25) is 0 Å². The van der Waals surface area contributed by atoms with Crippen molar-refractivity contribution in [2.75, 3.05) is 17.3 Å². The molecule has 3 aliphatic rings. The van der Waals surface area contributed by atoms with Gasteiger partial charge < -0.3 is 15.0 Å².